The molecule has 0 amide bonds. The number of carbonyl (C=O) groups excluding carboxylic acids is 1. The molecule has 0 bridgehead atoms. The normalized spacial score (nSPS) is 12.5. The van der Waals surface area contributed by atoms with Crippen LogP contribution in [0.25, 0.3) is 0 Å². The zero-order valence-corrected chi connectivity index (χ0v) is 9.64. The van der Waals surface area contributed by atoms with Crippen molar-refractivity contribution >= 4 is 29.0 Å². The number of carbonyl (C=O) groups is 1. The van der Waals surface area contributed by atoms with Gasteiger partial charge in [-0.1, -0.05) is 23.2 Å². The van der Waals surface area contributed by atoms with Crippen LogP contribution >= 0.6 is 23.2 Å². The van der Waals surface area contributed by atoms with Crippen molar-refractivity contribution in [2.75, 3.05) is 13.6 Å². The fourth-order valence-corrected chi connectivity index (χ4v) is 1.66. The van der Waals surface area contributed by atoms with Crippen molar-refractivity contribution in [1.82, 2.24) is 5.32 Å². The first-order valence-electron chi connectivity index (χ1n) is 4.38. The Labute approximate surface area is 98.0 Å². The fraction of sp³-hybridized carbons (Fsp3) is 0.300. The Balaban J connectivity index is 2.91. The number of ketones is 1. The lowest BCUT2D eigenvalue weighted by Crippen LogP contribution is -2.31. The summed E-state index contributed by atoms with van der Waals surface area (Å²) in [7, 11) is 1.65. The standard InChI is InChI=1S/C10H11Cl2NO2/c1-13-5-9(14)10(15)7-3-2-6(11)4-8(7)12/h2-4,9,13-14H,5H2,1H3. The monoisotopic (exact) mass is 247 g/mol. The van der Waals surface area contributed by atoms with Gasteiger partial charge in [0.25, 0.3) is 0 Å². The van der Waals surface area contributed by atoms with Gasteiger partial charge in [-0.05, 0) is 25.2 Å². The quantitative estimate of drug-likeness (QED) is 0.798. The molecular formula is C10H11Cl2NO2. The van der Waals surface area contributed by atoms with Crippen molar-refractivity contribution < 1.29 is 9.90 Å². The van der Waals surface area contributed by atoms with Crippen molar-refractivity contribution in [3.05, 3.63) is 33.8 Å². The number of aliphatic hydroxyl groups is 1. The van der Waals surface area contributed by atoms with E-state index >= 15 is 0 Å². The van der Waals surface area contributed by atoms with E-state index in [2.05, 4.69) is 5.32 Å². The molecule has 0 aromatic heterocycles. The Morgan fingerprint density at radius 2 is 2.20 bits per heavy atom. The molecule has 0 heterocycles. The van der Waals surface area contributed by atoms with Gasteiger partial charge in [0, 0.05) is 17.1 Å². The number of nitrogens with one attached hydrogen (secondary N) is 1. The summed E-state index contributed by atoms with van der Waals surface area (Å²) >= 11 is 11.5. The molecule has 15 heavy (non-hydrogen) atoms. The van der Waals surface area contributed by atoms with Crippen LogP contribution in [-0.4, -0.2) is 30.6 Å². The van der Waals surface area contributed by atoms with E-state index in [1.54, 1.807) is 13.1 Å². The number of Topliss-reactive ketones (excluding diaryl/α,β-unsaturated/α-hetero) is 1. The molecular weight excluding hydrogens is 237 g/mol. The first-order chi connectivity index (χ1) is 7.06. The number of benzene rings is 1. The van der Waals surface area contributed by atoms with Crippen molar-refractivity contribution in [2.45, 2.75) is 6.10 Å². The number of hydrogen-bond acceptors (Lipinski definition) is 3. The molecule has 82 valence electrons. The minimum absolute atomic E-state index is 0.192. The van der Waals surface area contributed by atoms with Crippen molar-refractivity contribution in [3.63, 3.8) is 0 Å². The molecule has 0 spiro atoms. The Bertz CT molecular complexity index is 368. The largest absolute Gasteiger partial charge is 0.384 e. The highest BCUT2D eigenvalue weighted by molar-refractivity contribution is 6.37. The summed E-state index contributed by atoms with van der Waals surface area (Å²) in [6.45, 7) is 0.192. The maximum Gasteiger partial charge on any atom is 0.194 e. The van der Waals surface area contributed by atoms with Gasteiger partial charge < -0.3 is 10.4 Å². The molecule has 1 unspecified atom stereocenters. The van der Waals surface area contributed by atoms with E-state index in [1.807, 2.05) is 0 Å². The average molecular weight is 248 g/mol. The summed E-state index contributed by atoms with van der Waals surface area (Å²) in [5.74, 6) is -0.411. The van der Waals surface area contributed by atoms with E-state index < -0.39 is 11.9 Å². The lowest BCUT2D eigenvalue weighted by atomic mass is 10.1. The van der Waals surface area contributed by atoms with Crippen LogP contribution in [0.1, 0.15) is 10.4 Å². The lowest BCUT2D eigenvalue weighted by molar-refractivity contribution is 0.0750. The topological polar surface area (TPSA) is 49.3 Å². The molecule has 0 saturated carbocycles. The van der Waals surface area contributed by atoms with Crippen LogP contribution in [0.3, 0.4) is 0 Å². The summed E-state index contributed by atoms with van der Waals surface area (Å²) in [4.78, 5) is 11.6. The third kappa shape index (κ3) is 3.18. The van der Waals surface area contributed by atoms with E-state index in [4.69, 9.17) is 23.2 Å². The van der Waals surface area contributed by atoms with Gasteiger partial charge in [0.1, 0.15) is 6.10 Å². The Hall–Kier alpha value is -0.610. The Morgan fingerprint density at radius 1 is 1.53 bits per heavy atom. The first kappa shape index (κ1) is 12.5. The van der Waals surface area contributed by atoms with Gasteiger partial charge in [0.2, 0.25) is 0 Å². The zero-order chi connectivity index (χ0) is 11.4. The van der Waals surface area contributed by atoms with Crippen molar-refractivity contribution in [1.29, 1.82) is 0 Å². The summed E-state index contributed by atoms with van der Waals surface area (Å²) in [5, 5.41) is 12.9. The SMILES string of the molecule is CNCC(O)C(=O)c1ccc(Cl)cc1Cl. The van der Waals surface area contributed by atoms with E-state index in [0.29, 0.717) is 5.02 Å². The molecule has 2 N–H and O–H groups in total. The third-order valence-electron chi connectivity index (χ3n) is 1.90. The average Bonchev–Trinajstić information content (AvgIpc) is 2.17. The van der Waals surface area contributed by atoms with Gasteiger partial charge in [-0.25, -0.2) is 0 Å². The lowest BCUT2D eigenvalue weighted by Gasteiger charge is -2.10. The van der Waals surface area contributed by atoms with Gasteiger partial charge in [-0.2, -0.15) is 0 Å². The summed E-state index contributed by atoms with van der Waals surface area (Å²) in [6.07, 6.45) is -1.09. The molecule has 0 saturated heterocycles. The predicted octanol–water partition coefficient (Wildman–Crippen LogP) is 1.76. The second-order valence-corrected chi connectivity index (χ2v) is 3.91. The highest BCUT2D eigenvalue weighted by Gasteiger charge is 2.18. The third-order valence-corrected chi connectivity index (χ3v) is 2.44. The number of likely N-dealkylation sites (N-methyl/N-ethyl adjacent to an activating group) is 1. The second-order valence-electron chi connectivity index (χ2n) is 3.06. The van der Waals surface area contributed by atoms with Crippen LogP contribution in [-0.2, 0) is 0 Å². The van der Waals surface area contributed by atoms with E-state index in [0.717, 1.165) is 0 Å². The van der Waals surface area contributed by atoms with Gasteiger partial charge >= 0.3 is 0 Å². The maximum atomic E-state index is 11.6. The summed E-state index contributed by atoms with van der Waals surface area (Å²) in [5.41, 5.74) is 0.281. The minimum Gasteiger partial charge on any atom is -0.384 e. The smallest absolute Gasteiger partial charge is 0.194 e. The minimum atomic E-state index is -1.09. The van der Waals surface area contributed by atoms with Gasteiger partial charge in [0.05, 0.1) is 5.02 Å². The molecule has 1 atom stereocenters. The van der Waals surface area contributed by atoms with Crippen LogP contribution in [0.2, 0.25) is 10.0 Å². The molecule has 3 nitrogen and oxygen atoms in total. The maximum absolute atomic E-state index is 11.6. The number of aliphatic hydroxyl groups excluding tert-OH is 1. The van der Waals surface area contributed by atoms with Crippen LogP contribution in [0.5, 0.6) is 0 Å². The number of hydrogen-bond donors (Lipinski definition) is 2. The fourth-order valence-electron chi connectivity index (χ4n) is 1.15. The second kappa shape index (κ2) is 5.47. The number of halogens is 2. The summed E-state index contributed by atoms with van der Waals surface area (Å²) in [6, 6.07) is 4.54. The molecule has 0 aliphatic heterocycles. The van der Waals surface area contributed by atoms with E-state index in [-0.39, 0.29) is 17.1 Å². The van der Waals surface area contributed by atoms with Crippen LogP contribution in [0, 0.1) is 0 Å². The molecule has 0 aliphatic carbocycles. The van der Waals surface area contributed by atoms with E-state index in [9.17, 15) is 9.90 Å². The Kier molecular flexibility index (Phi) is 4.54. The predicted molar refractivity (Wildman–Crippen MR) is 60.7 cm³/mol. The highest BCUT2D eigenvalue weighted by Crippen LogP contribution is 2.22. The van der Waals surface area contributed by atoms with Crippen molar-refractivity contribution in [2.24, 2.45) is 0 Å². The molecule has 1 aromatic rings. The van der Waals surface area contributed by atoms with E-state index in [1.165, 1.54) is 12.1 Å². The molecule has 1 rings (SSSR count). The van der Waals surface area contributed by atoms with Crippen LogP contribution in [0.15, 0.2) is 18.2 Å². The van der Waals surface area contributed by atoms with Gasteiger partial charge in [-0.3, -0.25) is 4.79 Å². The Morgan fingerprint density at radius 3 is 2.73 bits per heavy atom. The van der Waals surface area contributed by atoms with Crippen LogP contribution in [0.4, 0.5) is 0 Å². The first-order valence-corrected chi connectivity index (χ1v) is 5.13. The van der Waals surface area contributed by atoms with Crippen LogP contribution < -0.4 is 5.32 Å². The number of rotatable bonds is 4. The van der Waals surface area contributed by atoms with Crippen molar-refractivity contribution in [3.8, 4) is 0 Å². The molecule has 5 heteroatoms. The zero-order valence-electron chi connectivity index (χ0n) is 8.13. The molecule has 0 fully saturated rings. The van der Waals surface area contributed by atoms with Gasteiger partial charge in [-0.15, -0.1) is 0 Å². The molecule has 0 aliphatic rings. The highest BCUT2D eigenvalue weighted by atomic mass is 35.5. The molecule has 1 aromatic carbocycles. The summed E-state index contributed by atoms with van der Waals surface area (Å²) < 4.78 is 0. The van der Waals surface area contributed by atoms with Gasteiger partial charge in [0.15, 0.2) is 5.78 Å². The molecule has 0 radical (unpaired) electrons.